The third-order valence-corrected chi connectivity index (χ3v) is 5.40. The average molecular weight is 409 g/mol. The van der Waals surface area contributed by atoms with E-state index in [2.05, 4.69) is 15.8 Å². The van der Waals surface area contributed by atoms with E-state index in [0.717, 1.165) is 15.6 Å². The molecule has 0 unspecified atom stereocenters. The van der Waals surface area contributed by atoms with E-state index in [4.69, 9.17) is 9.47 Å². The Kier molecular flexibility index (Phi) is 5.44. The van der Waals surface area contributed by atoms with E-state index < -0.39 is 5.91 Å². The van der Waals surface area contributed by atoms with Gasteiger partial charge in [0, 0.05) is 26.6 Å². The summed E-state index contributed by atoms with van der Waals surface area (Å²) in [5.41, 5.74) is 4.56. The number of amides is 2. The van der Waals surface area contributed by atoms with Crippen molar-refractivity contribution in [1.29, 1.82) is 0 Å². The van der Waals surface area contributed by atoms with E-state index in [1.165, 1.54) is 0 Å². The van der Waals surface area contributed by atoms with Crippen molar-refractivity contribution in [2.24, 2.45) is 5.10 Å². The number of hydrogen-bond donors (Lipinski definition) is 2. The molecule has 2 aromatic carbocycles. The summed E-state index contributed by atoms with van der Waals surface area (Å²) in [6.07, 6.45) is 0. The molecule has 2 heterocycles. The summed E-state index contributed by atoms with van der Waals surface area (Å²) in [5, 5.41) is 9.85. The van der Waals surface area contributed by atoms with E-state index in [-0.39, 0.29) is 12.5 Å². The fraction of sp³-hybridized carbons (Fsp3) is 0.190. The molecule has 0 spiro atoms. The lowest BCUT2D eigenvalue weighted by Gasteiger charge is -2.18. The molecule has 4 rings (SSSR count). The van der Waals surface area contributed by atoms with Crippen molar-refractivity contribution in [3.63, 3.8) is 0 Å². The molecule has 0 fully saturated rings. The number of carbonyl (C=O) groups is 2. The summed E-state index contributed by atoms with van der Waals surface area (Å²) >= 11 is 1.63. The van der Waals surface area contributed by atoms with Crippen LogP contribution in [0.4, 0.5) is 0 Å². The minimum Gasteiger partial charge on any atom is -0.486 e. The van der Waals surface area contributed by atoms with Crippen LogP contribution in [0, 0.1) is 0 Å². The highest BCUT2D eigenvalue weighted by Gasteiger charge is 2.15. The normalized spacial score (nSPS) is 13.2. The van der Waals surface area contributed by atoms with Crippen molar-refractivity contribution in [1.82, 2.24) is 10.7 Å². The van der Waals surface area contributed by atoms with Gasteiger partial charge in [-0.15, -0.1) is 11.3 Å². The van der Waals surface area contributed by atoms with Crippen LogP contribution in [-0.4, -0.2) is 37.3 Å². The summed E-state index contributed by atoms with van der Waals surface area (Å²) in [7, 11) is 0. The Hall–Kier alpha value is -3.39. The molecule has 2 N–H and O–H groups in total. The van der Waals surface area contributed by atoms with Gasteiger partial charge < -0.3 is 14.8 Å². The number of rotatable bonds is 5. The fourth-order valence-electron chi connectivity index (χ4n) is 2.95. The van der Waals surface area contributed by atoms with Crippen LogP contribution in [-0.2, 0) is 4.79 Å². The number of hydrogen-bond acceptors (Lipinski definition) is 6. The van der Waals surface area contributed by atoms with Crippen LogP contribution >= 0.6 is 11.3 Å². The molecule has 0 saturated heterocycles. The molecule has 0 saturated carbocycles. The predicted octanol–water partition coefficient (Wildman–Crippen LogP) is 2.94. The third kappa shape index (κ3) is 4.22. The van der Waals surface area contributed by atoms with Crippen LogP contribution in [0.25, 0.3) is 10.1 Å². The zero-order valence-electron chi connectivity index (χ0n) is 15.7. The molecule has 7 nitrogen and oxygen atoms in total. The Morgan fingerprint density at radius 3 is 2.76 bits per heavy atom. The van der Waals surface area contributed by atoms with Gasteiger partial charge in [-0.05, 0) is 31.2 Å². The number of nitrogens with zero attached hydrogens (tertiary/aromatic N) is 1. The second-order valence-corrected chi connectivity index (χ2v) is 7.33. The van der Waals surface area contributed by atoms with Crippen molar-refractivity contribution >= 4 is 38.9 Å². The van der Waals surface area contributed by atoms with Crippen LogP contribution in [0.5, 0.6) is 11.5 Å². The second-order valence-electron chi connectivity index (χ2n) is 6.42. The number of ether oxygens (including phenoxy) is 2. The van der Waals surface area contributed by atoms with Gasteiger partial charge in [0.25, 0.3) is 11.8 Å². The molecule has 2 amide bonds. The third-order valence-electron chi connectivity index (χ3n) is 4.43. The zero-order chi connectivity index (χ0) is 20.2. The molecule has 1 aliphatic heterocycles. The lowest BCUT2D eigenvalue weighted by atomic mass is 10.1. The minimum atomic E-state index is -0.408. The van der Waals surface area contributed by atoms with Gasteiger partial charge in [-0.3, -0.25) is 9.59 Å². The first kappa shape index (κ1) is 18.9. The first-order valence-corrected chi connectivity index (χ1v) is 9.97. The Morgan fingerprint density at radius 1 is 1.10 bits per heavy atom. The van der Waals surface area contributed by atoms with Gasteiger partial charge in [0.2, 0.25) is 0 Å². The summed E-state index contributed by atoms with van der Waals surface area (Å²) < 4.78 is 12.1. The van der Waals surface area contributed by atoms with Crippen molar-refractivity contribution in [2.45, 2.75) is 6.92 Å². The molecule has 0 radical (unpaired) electrons. The molecule has 3 aromatic rings. The molecular weight excluding hydrogens is 390 g/mol. The molecule has 29 heavy (non-hydrogen) atoms. The van der Waals surface area contributed by atoms with Crippen molar-refractivity contribution in [2.75, 3.05) is 19.8 Å². The van der Waals surface area contributed by atoms with E-state index in [9.17, 15) is 9.59 Å². The maximum absolute atomic E-state index is 12.3. The van der Waals surface area contributed by atoms with Crippen LogP contribution in [0.1, 0.15) is 22.8 Å². The molecular formula is C21H19N3O4S. The van der Waals surface area contributed by atoms with Crippen LogP contribution in [0.3, 0.4) is 0 Å². The highest BCUT2D eigenvalue weighted by atomic mass is 32.1. The number of fused-ring (bicyclic) bond motifs is 2. The number of hydrazone groups is 1. The molecule has 0 aliphatic carbocycles. The Morgan fingerprint density at radius 2 is 1.90 bits per heavy atom. The van der Waals surface area contributed by atoms with Crippen LogP contribution in [0.15, 0.2) is 52.9 Å². The highest BCUT2D eigenvalue weighted by molar-refractivity contribution is 7.17. The monoisotopic (exact) mass is 409 g/mol. The van der Waals surface area contributed by atoms with Crippen LogP contribution in [0.2, 0.25) is 0 Å². The van der Waals surface area contributed by atoms with Crippen molar-refractivity contribution in [3.05, 3.63) is 59.0 Å². The van der Waals surface area contributed by atoms with Gasteiger partial charge in [-0.1, -0.05) is 18.2 Å². The molecule has 148 valence electrons. The lowest BCUT2D eigenvalue weighted by Crippen LogP contribution is -2.35. The number of nitrogens with one attached hydrogen (secondary N) is 2. The van der Waals surface area contributed by atoms with Gasteiger partial charge in [-0.2, -0.15) is 5.10 Å². The standard InChI is InChI=1S/C21H19N3O4S/c1-13(16-12-29-19-5-3-2-4-15(16)19)23-24-20(25)11-22-21(26)14-6-7-17-18(10-14)28-9-8-27-17/h2-7,10,12H,8-9,11H2,1H3,(H,22,26)(H,24,25)/b23-13+. The molecule has 8 heteroatoms. The van der Waals surface area contributed by atoms with Gasteiger partial charge in [0.1, 0.15) is 13.2 Å². The predicted molar refractivity (Wildman–Crippen MR) is 112 cm³/mol. The van der Waals surface area contributed by atoms with Gasteiger partial charge in [0.15, 0.2) is 11.5 Å². The number of carbonyl (C=O) groups excluding carboxylic acids is 2. The molecule has 1 aromatic heterocycles. The van der Waals surface area contributed by atoms with E-state index in [1.54, 1.807) is 29.5 Å². The summed E-state index contributed by atoms with van der Waals surface area (Å²) in [4.78, 5) is 24.4. The Labute approximate surface area is 171 Å². The topological polar surface area (TPSA) is 89.0 Å². The lowest BCUT2D eigenvalue weighted by molar-refractivity contribution is -0.120. The molecule has 0 bridgehead atoms. The van der Waals surface area contributed by atoms with Crippen molar-refractivity contribution < 1.29 is 19.1 Å². The zero-order valence-corrected chi connectivity index (χ0v) is 16.5. The van der Waals surface area contributed by atoms with E-state index >= 15 is 0 Å². The minimum absolute atomic E-state index is 0.186. The maximum atomic E-state index is 12.3. The van der Waals surface area contributed by atoms with Gasteiger partial charge in [0.05, 0.1) is 12.3 Å². The molecule has 0 atom stereocenters. The fourth-order valence-corrected chi connectivity index (χ4v) is 3.96. The Bertz CT molecular complexity index is 1110. The van der Waals surface area contributed by atoms with Crippen molar-refractivity contribution in [3.8, 4) is 11.5 Å². The largest absolute Gasteiger partial charge is 0.486 e. The summed E-state index contributed by atoms with van der Waals surface area (Å²) in [6.45, 7) is 2.58. The summed E-state index contributed by atoms with van der Waals surface area (Å²) in [5.74, 6) is 0.351. The molecule has 1 aliphatic rings. The Balaban J connectivity index is 1.34. The SMILES string of the molecule is C/C(=N\NC(=O)CNC(=O)c1ccc2c(c1)OCCO2)c1csc2ccccc12. The number of benzene rings is 2. The maximum Gasteiger partial charge on any atom is 0.259 e. The number of thiophene rings is 1. The smallest absolute Gasteiger partial charge is 0.259 e. The quantitative estimate of drug-likeness (QED) is 0.501. The van der Waals surface area contributed by atoms with E-state index in [1.807, 2.05) is 36.6 Å². The van der Waals surface area contributed by atoms with Crippen LogP contribution < -0.4 is 20.2 Å². The van der Waals surface area contributed by atoms with Gasteiger partial charge in [-0.25, -0.2) is 5.43 Å². The average Bonchev–Trinajstić information content (AvgIpc) is 3.19. The highest BCUT2D eigenvalue weighted by Crippen LogP contribution is 2.30. The van der Waals surface area contributed by atoms with E-state index in [0.29, 0.717) is 36.0 Å². The second kappa shape index (κ2) is 8.32. The summed E-state index contributed by atoms with van der Waals surface area (Å²) in [6, 6.07) is 12.9. The first-order valence-electron chi connectivity index (χ1n) is 9.09. The van der Waals surface area contributed by atoms with Gasteiger partial charge >= 0.3 is 0 Å². The first-order chi connectivity index (χ1) is 14.1.